The molecule has 3 amide bonds. The van der Waals surface area contributed by atoms with Crippen molar-refractivity contribution in [1.29, 1.82) is 0 Å². The van der Waals surface area contributed by atoms with E-state index in [-0.39, 0.29) is 17.4 Å². The molecule has 0 saturated carbocycles. The van der Waals surface area contributed by atoms with Gasteiger partial charge in [0.15, 0.2) is 0 Å². The highest BCUT2D eigenvalue weighted by molar-refractivity contribution is 7.89. The van der Waals surface area contributed by atoms with Crippen molar-refractivity contribution in [3.63, 3.8) is 0 Å². The number of hydrogen-bond donors (Lipinski definition) is 0. The van der Waals surface area contributed by atoms with E-state index in [9.17, 15) is 18.0 Å². The number of rotatable bonds is 2. The lowest BCUT2D eigenvalue weighted by molar-refractivity contribution is -0.140. The maximum absolute atomic E-state index is 13.3. The van der Waals surface area contributed by atoms with Gasteiger partial charge < -0.3 is 14.7 Å². The predicted molar refractivity (Wildman–Crippen MR) is 117 cm³/mol. The topological polar surface area (TPSA) is 81.2 Å². The molecule has 0 aromatic heterocycles. The number of sulfonamides is 1. The summed E-state index contributed by atoms with van der Waals surface area (Å²) in [5.41, 5.74) is -0.104. The molecule has 170 valence electrons. The van der Waals surface area contributed by atoms with Crippen LogP contribution in [0.1, 0.15) is 24.8 Å². The molecule has 9 heteroatoms. The van der Waals surface area contributed by atoms with Crippen LogP contribution in [-0.4, -0.2) is 93.2 Å². The van der Waals surface area contributed by atoms with E-state index < -0.39 is 15.4 Å². The summed E-state index contributed by atoms with van der Waals surface area (Å²) in [6.07, 6.45) is 1.87. The first kappa shape index (κ1) is 22.1. The number of nitrogens with zero attached hydrogens (tertiary/aromatic N) is 4. The molecule has 3 saturated heterocycles. The Bertz CT molecular complexity index is 1000. The summed E-state index contributed by atoms with van der Waals surface area (Å²) in [5, 5.41) is 0. The fraction of sp³-hybridized carbons (Fsp3) is 0.636. The molecule has 3 aliphatic rings. The largest absolute Gasteiger partial charge is 0.345 e. The second-order valence-electron chi connectivity index (χ2n) is 9.59. The first-order valence-electron chi connectivity index (χ1n) is 10.8. The fourth-order valence-electron chi connectivity index (χ4n) is 5.77. The van der Waals surface area contributed by atoms with Gasteiger partial charge in [-0.05, 0) is 43.9 Å². The van der Waals surface area contributed by atoms with Crippen LogP contribution in [0, 0.1) is 17.8 Å². The van der Waals surface area contributed by atoms with Crippen LogP contribution < -0.4 is 0 Å². The summed E-state index contributed by atoms with van der Waals surface area (Å²) in [5.74, 6) is 0.0940. The van der Waals surface area contributed by atoms with E-state index in [4.69, 9.17) is 0 Å². The van der Waals surface area contributed by atoms with Gasteiger partial charge in [0, 0.05) is 59.3 Å². The Kier molecular flexibility index (Phi) is 5.33. The summed E-state index contributed by atoms with van der Waals surface area (Å²) in [6.45, 7) is 4.19. The molecule has 3 heterocycles. The molecule has 0 unspecified atom stereocenters. The highest BCUT2D eigenvalue weighted by Gasteiger charge is 2.65. The molecule has 3 fully saturated rings. The summed E-state index contributed by atoms with van der Waals surface area (Å²) in [6, 6.07) is 6.89. The molecule has 0 bridgehead atoms. The second-order valence-corrected chi connectivity index (χ2v) is 11.5. The van der Waals surface area contributed by atoms with Gasteiger partial charge >= 0.3 is 6.03 Å². The highest BCUT2D eigenvalue weighted by Crippen LogP contribution is 2.58. The minimum Gasteiger partial charge on any atom is -0.345 e. The number of carbonyl (C=O) groups excluding carboxylic acids is 2. The van der Waals surface area contributed by atoms with Crippen molar-refractivity contribution in [1.82, 2.24) is 19.0 Å². The van der Waals surface area contributed by atoms with Crippen LogP contribution >= 0.6 is 0 Å². The molecule has 1 aromatic rings. The van der Waals surface area contributed by atoms with Crippen molar-refractivity contribution in [2.75, 3.05) is 53.9 Å². The third kappa shape index (κ3) is 3.33. The Morgan fingerprint density at radius 1 is 1.06 bits per heavy atom. The third-order valence-corrected chi connectivity index (χ3v) is 9.45. The van der Waals surface area contributed by atoms with Crippen LogP contribution in [0.25, 0.3) is 0 Å². The van der Waals surface area contributed by atoms with E-state index in [0.717, 1.165) is 5.56 Å². The number of likely N-dealkylation sites (tertiary alicyclic amines) is 2. The lowest BCUT2D eigenvalue weighted by Gasteiger charge is -2.46. The Balaban J connectivity index is 1.62. The average molecular weight is 449 g/mol. The zero-order valence-corrected chi connectivity index (χ0v) is 19.6. The Morgan fingerprint density at radius 2 is 1.74 bits per heavy atom. The van der Waals surface area contributed by atoms with E-state index in [1.165, 1.54) is 0 Å². The van der Waals surface area contributed by atoms with Gasteiger partial charge in [0.2, 0.25) is 15.9 Å². The van der Waals surface area contributed by atoms with Crippen LogP contribution in [0.4, 0.5) is 4.79 Å². The monoisotopic (exact) mass is 448 g/mol. The molecule has 4 rings (SSSR count). The van der Waals surface area contributed by atoms with Crippen molar-refractivity contribution in [3.8, 4) is 0 Å². The summed E-state index contributed by atoms with van der Waals surface area (Å²) >= 11 is 0. The summed E-state index contributed by atoms with van der Waals surface area (Å²) in [7, 11) is 1.68. The minimum absolute atomic E-state index is 0.0894. The molecule has 2 spiro atoms. The lowest BCUT2D eigenvalue weighted by atomic mass is 9.60. The van der Waals surface area contributed by atoms with Gasteiger partial charge in [-0.15, -0.1) is 0 Å². The smallest absolute Gasteiger partial charge is 0.319 e. The normalized spacial score (nSPS) is 26.3. The number of benzene rings is 1. The Labute approximate surface area is 184 Å². The first-order chi connectivity index (χ1) is 14.5. The average Bonchev–Trinajstić information content (AvgIpc) is 3.20. The van der Waals surface area contributed by atoms with Crippen LogP contribution in [0.15, 0.2) is 29.2 Å². The van der Waals surface area contributed by atoms with E-state index in [0.29, 0.717) is 56.9 Å². The third-order valence-electron chi connectivity index (χ3n) is 7.56. The molecular formula is C22H32N4O4S. The number of amides is 3. The van der Waals surface area contributed by atoms with Crippen molar-refractivity contribution in [3.05, 3.63) is 29.8 Å². The van der Waals surface area contributed by atoms with Crippen LogP contribution in [0.5, 0.6) is 0 Å². The zero-order chi connectivity index (χ0) is 22.6. The van der Waals surface area contributed by atoms with E-state index in [2.05, 4.69) is 0 Å². The van der Waals surface area contributed by atoms with Crippen LogP contribution in [0.2, 0.25) is 0 Å². The van der Waals surface area contributed by atoms with E-state index in [1.54, 1.807) is 51.3 Å². The van der Waals surface area contributed by atoms with Crippen molar-refractivity contribution < 1.29 is 18.0 Å². The first-order valence-corrected chi connectivity index (χ1v) is 12.3. The van der Waals surface area contributed by atoms with Gasteiger partial charge in [0.25, 0.3) is 0 Å². The van der Waals surface area contributed by atoms with Gasteiger partial charge in [-0.25, -0.2) is 13.2 Å². The van der Waals surface area contributed by atoms with Crippen molar-refractivity contribution in [2.24, 2.45) is 10.8 Å². The Hall–Kier alpha value is -2.13. The number of urea groups is 1. The zero-order valence-electron chi connectivity index (χ0n) is 18.8. The minimum atomic E-state index is -3.58. The molecule has 0 radical (unpaired) electrons. The van der Waals surface area contributed by atoms with Crippen molar-refractivity contribution in [2.45, 2.75) is 31.1 Å². The van der Waals surface area contributed by atoms with E-state index >= 15 is 0 Å². The van der Waals surface area contributed by atoms with Gasteiger partial charge in [0.05, 0.1) is 10.3 Å². The molecule has 3 aliphatic heterocycles. The van der Waals surface area contributed by atoms with E-state index in [1.807, 2.05) is 20.0 Å². The van der Waals surface area contributed by atoms with Gasteiger partial charge in [-0.3, -0.25) is 4.79 Å². The standard InChI is InChI=1S/C22H32N4O4S/c1-17-6-5-7-18(14-17)31(29,30)26-12-8-21(9-13-26)15-25(20(28)23(2)3)16-22(21)10-11-24(4)19(22)27/h5-7,14H,8-13,15-16H2,1-4H3/t22-/m0/s1. The van der Waals surface area contributed by atoms with Crippen molar-refractivity contribution >= 4 is 22.0 Å². The quantitative estimate of drug-likeness (QED) is 0.688. The maximum Gasteiger partial charge on any atom is 0.319 e. The van der Waals surface area contributed by atoms with Crippen LogP contribution in [-0.2, 0) is 14.8 Å². The SMILES string of the molecule is Cc1cccc(S(=O)(=O)N2CCC3(CC2)CN(C(=O)N(C)C)C[C@]32CCN(C)C2=O)c1. The van der Waals surface area contributed by atoms with Gasteiger partial charge in [-0.1, -0.05) is 12.1 Å². The molecule has 1 aromatic carbocycles. The number of aryl methyl sites for hydroxylation is 1. The molecule has 8 nitrogen and oxygen atoms in total. The highest BCUT2D eigenvalue weighted by atomic mass is 32.2. The number of hydrogen-bond acceptors (Lipinski definition) is 4. The summed E-state index contributed by atoms with van der Waals surface area (Å²) < 4.78 is 28.0. The van der Waals surface area contributed by atoms with Gasteiger partial charge in [-0.2, -0.15) is 4.31 Å². The van der Waals surface area contributed by atoms with Gasteiger partial charge in [0.1, 0.15) is 0 Å². The number of piperidine rings is 1. The number of carbonyl (C=O) groups is 2. The fourth-order valence-corrected chi connectivity index (χ4v) is 7.32. The predicted octanol–water partition coefficient (Wildman–Crippen LogP) is 1.61. The summed E-state index contributed by atoms with van der Waals surface area (Å²) in [4.78, 5) is 31.5. The molecule has 0 N–H and O–H groups in total. The number of fused-ring (bicyclic) bond motifs is 1. The van der Waals surface area contributed by atoms with Crippen LogP contribution in [0.3, 0.4) is 0 Å². The molecular weight excluding hydrogens is 416 g/mol. The molecule has 0 aliphatic carbocycles. The Morgan fingerprint density at radius 3 is 2.29 bits per heavy atom. The molecule has 31 heavy (non-hydrogen) atoms. The lowest BCUT2D eigenvalue weighted by Crippen LogP contribution is -2.53. The molecule has 1 atom stereocenters. The maximum atomic E-state index is 13.3. The second kappa shape index (κ2) is 7.48.